The van der Waals surface area contributed by atoms with Crippen molar-refractivity contribution in [2.24, 2.45) is 0 Å². The predicted octanol–water partition coefficient (Wildman–Crippen LogP) is 7.26. The first-order chi connectivity index (χ1) is 17.5. The second kappa shape index (κ2) is 10.7. The van der Waals surface area contributed by atoms with Gasteiger partial charge in [-0.1, -0.05) is 101 Å². The molecule has 4 aromatic carbocycles. The Balaban J connectivity index is 1.44. The quantitative estimate of drug-likeness (QED) is 0.224. The van der Waals surface area contributed by atoms with Crippen LogP contribution in [0.2, 0.25) is 10.0 Å². The number of hydrogen-bond donors (Lipinski definition) is 1. The van der Waals surface area contributed by atoms with Crippen LogP contribution in [0.5, 0.6) is 0 Å². The third kappa shape index (κ3) is 5.26. The van der Waals surface area contributed by atoms with Crippen molar-refractivity contribution in [3.63, 3.8) is 0 Å². The highest BCUT2D eigenvalue weighted by atomic mass is 35.5. The van der Waals surface area contributed by atoms with E-state index in [4.69, 9.17) is 23.2 Å². The number of nitrogens with one attached hydrogen (secondary N) is 1. The minimum Gasteiger partial charge on any atom is -0.345 e. The fraction of sp³-hybridized carbons (Fsp3) is 0.107. The first kappa shape index (κ1) is 24.4. The number of carbonyl (C=O) groups excluding carboxylic acids is 1. The number of rotatable bonds is 7. The highest BCUT2D eigenvalue weighted by Gasteiger charge is 2.19. The third-order valence-corrected chi connectivity index (χ3v) is 7.28. The molecule has 1 N–H and O–H groups in total. The lowest BCUT2D eigenvalue weighted by Gasteiger charge is -2.13. The summed E-state index contributed by atoms with van der Waals surface area (Å²) in [7, 11) is 0. The Bertz CT molecular complexity index is 1560. The number of aromatic nitrogens is 3. The van der Waals surface area contributed by atoms with Crippen molar-refractivity contribution in [1.29, 1.82) is 0 Å². The van der Waals surface area contributed by atoms with Crippen LogP contribution in [0, 0.1) is 6.92 Å². The molecule has 1 heterocycles. The molecular weight excluding hydrogens is 511 g/mol. The van der Waals surface area contributed by atoms with Crippen molar-refractivity contribution < 1.29 is 4.79 Å². The van der Waals surface area contributed by atoms with Gasteiger partial charge in [-0.3, -0.25) is 9.36 Å². The summed E-state index contributed by atoms with van der Waals surface area (Å²) in [4.78, 5) is 13.1. The highest BCUT2D eigenvalue weighted by Crippen LogP contribution is 2.31. The van der Waals surface area contributed by atoms with Gasteiger partial charge in [-0.25, -0.2) is 0 Å². The predicted molar refractivity (Wildman–Crippen MR) is 147 cm³/mol. The van der Waals surface area contributed by atoms with Gasteiger partial charge in [-0.2, -0.15) is 0 Å². The van der Waals surface area contributed by atoms with E-state index in [2.05, 4.69) is 40.6 Å². The van der Waals surface area contributed by atoms with Crippen LogP contribution in [0.4, 0.5) is 0 Å². The highest BCUT2D eigenvalue weighted by molar-refractivity contribution is 7.98. The van der Waals surface area contributed by atoms with E-state index in [-0.39, 0.29) is 12.5 Å². The lowest BCUT2D eigenvalue weighted by molar-refractivity contribution is 0.0951. The molecule has 5 aromatic rings. The molecule has 0 saturated heterocycles. The van der Waals surface area contributed by atoms with Crippen molar-refractivity contribution in [2.75, 3.05) is 0 Å². The largest absolute Gasteiger partial charge is 0.345 e. The van der Waals surface area contributed by atoms with Crippen molar-refractivity contribution in [1.82, 2.24) is 20.1 Å². The molecule has 0 unspecified atom stereocenters. The smallest absolute Gasteiger partial charge is 0.252 e. The Morgan fingerprint density at radius 3 is 2.58 bits per heavy atom. The SMILES string of the molecule is Cc1cccc(CSc2nnc(CNC(=O)c3cccc4ccccc34)n2-c2ccc(Cl)cc2Cl)c1. The van der Waals surface area contributed by atoms with Crippen LogP contribution >= 0.6 is 35.0 Å². The topological polar surface area (TPSA) is 59.8 Å². The maximum absolute atomic E-state index is 13.1. The Kier molecular flexibility index (Phi) is 7.28. The summed E-state index contributed by atoms with van der Waals surface area (Å²) in [6.45, 7) is 2.25. The zero-order chi connectivity index (χ0) is 25.1. The lowest BCUT2D eigenvalue weighted by Crippen LogP contribution is -2.25. The van der Waals surface area contributed by atoms with Gasteiger partial charge in [0, 0.05) is 16.3 Å². The molecule has 0 fully saturated rings. The molecule has 1 amide bonds. The molecule has 0 spiro atoms. The average Bonchev–Trinajstić information content (AvgIpc) is 3.28. The van der Waals surface area contributed by atoms with Crippen molar-refractivity contribution in [3.8, 4) is 5.69 Å². The third-order valence-electron chi connectivity index (χ3n) is 5.74. The normalized spacial score (nSPS) is 11.1. The molecule has 5 nitrogen and oxygen atoms in total. The van der Waals surface area contributed by atoms with Gasteiger partial charge >= 0.3 is 0 Å². The Morgan fingerprint density at radius 1 is 0.944 bits per heavy atom. The van der Waals surface area contributed by atoms with Crippen LogP contribution in [0.15, 0.2) is 90.1 Å². The van der Waals surface area contributed by atoms with Gasteiger partial charge in [0.15, 0.2) is 11.0 Å². The van der Waals surface area contributed by atoms with Crippen molar-refractivity contribution >= 4 is 51.6 Å². The maximum Gasteiger partial charge on any atom is 0.252 e. The van der Waals surface area contributed by atoms with Crippen LogP contribution in [0.3, 0.4) is 0 Å². The molecule has 0 radical (unpaired) electrons. The Labute approximate surface area is 223 Å². The molecular formula is C28H22Cl2N4OS. The molecule has 8 heteroatoms. The Hall–Kier alpha value is -3.32. The van der Waals surface area contributed by atoms with E-state index < -0.39 is 0 Å². The minimum atomic E-state index is -0.183. The van der Waals surface area contributed by atoms with E-state index >= 15 is 0 Å². The van der Waals surface area contributed by atoms with Gasteiger partial charge in [-0.15, -0.1) is 10.2 Å². The number of benzene rings is 4. The van der Waals surface area contributed by atoms with E-state index in [1.54, 1.807) is 23.9 Å². The first-order valence-electron chi connectivity index (χ1n) is 11.3. The van der Waals surface area contributed by atoms with E-state index in [0.29, 0.717) is 38.0 Å². The molecule has 0 aliphatic rings. The van der Waals surface area contributed by atoms with Crippen molar-refractivity contribution in [3.05, 3.63) is 117 Å². The van der Waals surface area contributed by atoms with Crippen LogP contribution in [0.1, 0.15) is 27.3 Å². The summed E-state index contributed by atoms with van der Waals surface area (Å²) in [6.07, 6.45) is 0. The average molecular weight is 533 g/mol. The Morgan fingerprint density at radius 2 is 1.75 bits per heavy atom. The van der Waals surface area contributed by atoms with E-state index in [1.807, 2.05) is 59.2 Å². The number of aryl methyl sites for hydroxylation is 1. The van der Waals surface area contributed by atoms with E-state index in [9.17, 15) is 4.79 Å². The number of thioether (sulfide) groups is 1. The fourth-order valence-corrected chi connectivity index (χ4v) is 5.44. The minimum absolute atomic E-state index is 0.180. The van der Waals surface area contributed by atoms with Gasteiger partial charge in [0.2, 0.25) is 0 Å². The second-order valence-corrected chi connectivity index (χ2v) is 10.1. The molecule has 180 valence electrons. The van der Waals surface area contributed by atoms with Crippen LogP contribution in [0.25, 0.3) is 16.5 Å². The molecule has 0 saturated carbocycles. The van der Waals surface area contributed by atoms with Gasteiger partial charge < -0.3 is 5.32 Å². The zero-order valence-electron chi connectivity index (χ0n) is 19.4. The molecule has 0 aliphatic carbocycles. The standard InChI is InChI=1S/C28H22Cl2N4OS/c1-18-6-4-7-19(14-18)17-36-28-33-32-26(34(28)25-13-12-21(29)15-24(25)30)16-31-27(35)23-11-5-9-20-8-2-3-10-22(20)23/h2-15H,16-17H2,1H3,(H,31,35). The molecule has 5 rings (SSSR count). The number of nitrogens with zero attached hydrogens (tertiary/aromatic N) is 3. The zero-order valence-corrected chi connectivity index (χ0v) is 21.7. The summed E-state index contributed by atoms with van der Waals surface area (Å²) in [5.74, 6) is 1.10. The number of fused-ring (bicyclic) bond motifs is 1. The second-order valence-electron chi connectivity index (χ2n) is 8.32. The van der Waals surface area contributed by atoms with E-state index in [1.165, 1.54) is 11.1 Å². The summed E-state index contributed by atoms with van der Waals surface area (Å²) < 4.78 is 1.88. The monoisotopic (exact) mass is 532 g/mol. The van der Waals surface area contributed by atoms with Crippen LogP contribution in [-0.4, -0.2) is 20.7 Å². The van der Waals surface area contributed by atoms with Gasteiger partial charge in [0.05, 0.1) is 17.3 Å². The van der Waals surface area contributed by atoms with E-state index in [0.717, 1.165) is 10.8 Å². The van der Waals surface area contributed by atoms with Gasteiger partial charge in [-0.05, 0) is 47.5 Å². The summed E-state index contributed by atoms with van der Waals surface area (Å²) in [5.41, 5.74) is 3.69. The number of carbonyl (C=O) groups is 1. The molecule has 0 aliphatic heterocycles. The van der Waals surface area contributed by atoms with Crippen LogP contribution < -0.4 is 5.32 Å². The fourth-order valence-electron chi connectivity index (χ4n) is 4.04. The molecule has 0 bridgehead atoms. The molecule has 1 aromatic heterocycles. The lowest BCUT2D eigenvalue weighted by atomic mass is 10.0. The summed E-state index contributed by atoms with van der Waals surface area (Å²) >= 11 is 14.3. The number of halogens is 2. The summed E-state index contributed by atoms with van der Waals surface area (Å²) in [5, 5.41) is 15.4. The van der Waals surface area contributed by atoms with Gasteiger partial charge in [0.25, 0.3) is 5.91 Å². The number of amides is 1. The number of hydrogen-bond acceptors (Lipinski definition) is 4. The molecule has 36 heavy (non-hydrogen) atoms. The summed E-state index contributed by atoms with van der Waals surface area (Å²) in [6, 6.07) is 27.1. The van der Waals surface area contributed by atoms with Crippen molar-refractivity contribution in [2.45, 2.75) is 24.4 Å². The van der Waals surface area contributed by atoms with Gasteiger partial charge in [0.1, 0.15) is 0 Å². The molecule has 0 atom stereocenters. The maximum atomic E-state index is 13.1. The first-order valence-corrected chi connectivity index (χ1v) is 13.1. The van der Waals surface area contributed by atoms with Crippen LogP contribution in [-0.2, 0) is 12.3 Å².